The first-order valence-corrected chi connectivity index (χ1v) is 12.9. The quantitative estimate of drug-likeness (QED) is 0.338. The zero-order valence-corrected chi connectivity index (χ0v) is 19.1. The van der Waals surface area contributed by atoms with Crippen LogP contribution in [-0.4, -0.2) is 31.2 Å². The van der Waals surface area contributed by atoms with E-state index in [0.717, 1.165) is 11.1 Å². The van der Waals surface area contributed by atoms with Crippen LogP contribution in [0.5, 0.6) is 5.75 Å². The number of ether oxygens (including phenoxy) is 1. The molecule has 7 nitrogen and oxygen atoms in total. The van der Waals surface area contributed by atoms with Gasteiger partial charge in [-0.25, -0.2) is 0 Å². The molecule has 2 aromatic carbocycles. The molecular formula is C21H29O7PS. The van der Waals surface area contributed by atoms with Crippen LogP contribution in [-0.2, 0) is 23.7 Å². The largest absolute Gasteiger partial charge is 0.485 e. The molecule has 0 amide bonds. The van der Waals surface area contributed by atoms with Gasteiger partial charge in [-0.15, -0.1) is 0 Å². The molecule has 9 heteroatoms. The lowest BCUT2D eigenvalue weighted by Gasteiger charge is -2.26. The van der Waals surface area contributed by atoms with Gasteiger partial charge in [-0.2, -0.15) is 8.42 Å². The molecule has 30 heavy (non-hydrogen) atoms. The Kier molecular flexibility index (Phi) is 9.07. The molecule has 0 heterocycles. The van der Waals surface area contributed by atoms with Crippen LogP contribution in [0.25, 0.3) is 0 Å². The Balaban J connectivity index is 2.33. The molecule has 2 aromatic rings. The summed E-state index contributed by atoms with van der Waals surface area (Å²) in [6.07, 6.45) is -0.512. The average molecular weight is 456 g/mol. The third-order valence-corrected chi connectivity index (χ3v) is 9.22. The minimum absolute atomic E-state index is 0.00881. The third-order valence-electron chi connectivity index (χ3n) is 4.52. The van der Waals surface area contributed by atoms with Crippen LogP contribution in [0.3, 0.4) is 0 Å². The van der Waals surface area contributed by atoms with E-state index in [1.807, 2.05) is 61.5 Å². The number of aryl methyl sites for hydroxylation is 1. The first-order chi connectivity index (χ1) is 14.2. The summed E-state index contributed by atoms with van der Waals surface area (Å²) >= 11 is 0. The predicted molar refractivity (Wildman–Crippen MR) is 116 cm³/mol. The van der Waals surface area contributed by atoms with Gasteiger partial charge in [-0.3, -0.25) is 9.12 Å². The highest BCUT2D eigenvalue weighted by atomic mass is 32.2. The molecular weight excluding hydrogens is 427 g/mol. The maximum absolute atomic E-state index is 13.1. The molecule has 0 aliphatic rings. The van der Waals surface area contributed by atoms with Crippen LogP contribution in [0.2, 0.25) is 0 Å². The van der Waals surface area contributed by atoms with Gasteiger partial charge in [-0.1, -0.05) is 48.5 Å². The molecule has 2 atom stereocenters. The second kappa shape index (κ2) is 11.1. The van der Waals surface area contributed by atoms with Crippen molar-refractivity contribution in [3.8, 4) is 5.75 Å². The van der Waals surface area contributed by atoms with Crippen LogP contribution < -0.4 is 4.74 Å². The van der Waals surface area contributed by atoms with Crippen molar-refractivity contribution in [1.82, 2.24) is 0 Å². The van der Waals surface area contributed by atoms with Gasteiger partial charge in [0.2, 0.25) is 0 Å². The fourth-order valence-electron chi connectivity index (χ4n) is 3.13. The Labute approximate surface area is 178 Å². The van der Waals surface area contributed by atoms with E-state index in [9.17, 15) is 17.5 Å². The Bertz CT molecular complexity index is 937. The lowest BCUT2D eigenvalue weighted by molar-refractivity contribution is 0.185. The Morgan fingerprint density at radius 1 is 0.933 bits per heavy atom. The van der Waals surface area contributed by atoms with E-state index in [4.69, 9.17) is 13.8 Å². The zero-order valence-electron chi connectivity index (χ0n) is 17.4. The highest BCUT2D eigenvalue weighted by Gasteiger charge is 2.44. The second-order valence-electron chi connectivity index (χ2n) is 6.71. The maximum Gasteiger partial charge on any atom is 0.351 e. The van der Waals surface area contributed by atoms with Gasteiger partial charge in [0, 0.05) is 0 Å². The highest BCUT2D eigenvalue weighted by Crippen LogP contribution is 2.56. The summed E-state index contributed by atoms with van der Waals surface area (Å²) in [6.45, 7) is 5.06. The van der Waals surface area contributed by atoms with E-state index >= 15 is 0 Å². The number of hydrogen-bond acceptors (Lipinski definition) is 6. The third kappa shape index (κ3) is 6.65. The molecule has 166 valence electrons. The monoisotopic (exact) mass is 456 g/mol. The summed E-state index contributed by atoms with van der Waals surface area (Å²) in [5, 5.41) is 0. The second-order valence-corrected chi connectivity index (χ2v) is 10.9. The van der Waals surface area contributed by atoms with Gasteiger partial charge in [0.15, 0.2) is 4.99 Å². The molecule has 0 bridgehead atoms. The van der Waals surface area contributed by atoms with Crippen molar-refractivity contribution in [2.75, 3.05) is 13.2 Å². The van der Waals surface area contributed by atoms with Crippen molar-refractivity contribution in [3.05, 3.63) is 65.7 Å². The maximum atomic E-state index is 13.1. The summed E-state index contributed by atoms with van der Waals surface area (Å²) in [7, 11) is -8.78. The van der Waals surface area contributed by atoms with Crippen LogP contribution in [0.15, 0.2) is 54.6 Å². The van der Waals surface area contributed by atoms with E-state index in [2.05, 4.69) is 0 Å². The van der Waals surface area contributed by atoms with Crippen LogP contribution in [0.1, 0.15) is 43.9 Å². The molecule has 2 rings (SSSR count). The fraction of sp³-hybridized carbons (Fsp3) is 0.429. The summed E-state index contributed by atoms with van der Waals surface area (Å²) < 4.78 is 63.6. The predicted octanol–water partition coefficient (Wildman–Crippen LogP) is 5.38. The molecule has 0 spiro atoms. The molecule has 0 radical (unpaired) electrons. The summed E-state index contributed by atoms with van der Waals surface area (Å²) in [5.41, 5.74) is 1.76. The molecule has 0 fully saturated rings. The van der Waals surface area contributed by atoms with E-state index in [1.54, 1.807) is 13.8 Å². The van der Waals surface area contributed by atoms with Crippen molar-refractivity contribution < 1.29 is 31.3 Å². The lowest BCUT2D eigenvalue weighted by atomic mass is 10.0. The van der Waals surface area contributed by atoms with Crippen LogP contribution in [0.4, 0.5) is 0 Å². The Morgan fingerprint density at radius 2 is 1.50 bits per heavy atom. The molecule has 0 aromatic heterocycles. The first-order valence-electron chi connectivity index (χ1n) is 9.83. The Hall–Kier alpha value is -1.70. The van der Waals surface area contributed by atoms with E-state index in [-0.39, 0.29) is 26.1 Å². The first kappa shape index (κ1) is 24.6. The van der Waals surface area contributed by atoms with E-state index < -0.39 is 28.8 Å². The zero-order chi connectivity index (χ0) is 22.2. The fourth-order valence-corrected chi connectivity index (χ4v) is 6.83. The van der Waals surface area contributed by atoms with Gasteiger partial charge in [-0.05, 0) is 50.8 Å². The Morgan fingerprint density at radius 3 is 2.03 bits per heavy atom. The van der Waals surface area contributed by atoms with Crippen LogP contribution >= 0.6 is 7.60 Å². The van der Waals surface area contributed by atoms with Crippen LogP contribution in [0, 0.1) is 6.92 Å². The van der Waals surface area contributed by atoms with Gasteiger partial charge >= 0.3 is 7.60 Å². The standard InChI is InChI=1S/C21H29O7PS/c1-4-26-29(22,27-5-2)21(30(23,24)25)16-15-20(18-12-7-6-8-13-18)28-19-14-10-9-11-17(19)3/h6-14,20-21H,4-5,15-16H2,1-3H3,(H,23,24,25). The topological polar surface area (TPSA) is 99.1 Å². The smallest absolute Gasteiger partial charge is 0.351 e. The molecule has 0 aliphatic carbocycles. The van der Waals surface area contributed by atoms with Crippen molar-refractivity contribution in [2.45, 2.75) is 44.7 Å². The van der Waals surface area contributed by atoms with E-state index in [0.29, 0.717) is 5.75 Å². The average Bonchev–Trinajstić information content (AvgIpc) is 2.68. The van der Waals surface area contributed by atoms with Gasteiger partial charge in [0.25, 0.3) is 10.1 Å². The minimum atomic E-state index is -4.69. The van der Waals surface area contributed by atoms with Gasteiger partial charge < -0.3 is 13.8 Å². The number of benzene rings is 2. The van der Waals surface area contributed by atoms with Crippen molar-refractivity contribution in [3.63, 3.8) is 0 Å². The molecule has 0 aliphatic heterocycles. The lowest BCUT2D eigenvalue weighted by Crippen LogP contribution is -2.25. The number of rotatable bonds is 12. The SMILES string of the molecule is CCOP(=O)(OCC)C(CCC(Oc1ccccc1C)c1ccccc1)S(=O)(=O)O. The number of para-hydroxylation sites is 1. The number of hydrogen-bond donors (Lipinski definition) is 1. The van der Waals surface area contributed by atoms with Crippen molar-refractivity contribution in [1.29, 1.82) is 0 Å². The molecule has 2 unspecified atom stereocenters. The van der Waals surface area contributed by atoms with Gasteiger partial charge in [0.1, 0.15) is 11.9 Å². The van der Waals surface area contributed by atoms with E-state index in [1.165, 1.54) is 0 Å². The van der Waals surface area contributed by atoms with Crippen molar-refractivity contribution in [2.24, 2.45) is 0 Å². The summed E-state index contributed by atoms with van der Waals surface area (Å²) in [6, 6.07) is 16.8. The minimum Gasteiger partial charge on any atom is -0.485 e. The van der Waals surface area contributed by atoms with Gasteiger partial charge in [0.05, 0.1) is 13.2 Å². The highest BCUT2D eigenvalue weighted by molar-refractivity contribution is 7.94. The molecule has 0 saturated heterocycles. The molecule has 1 N–H and O–H groups in total. The van der Waals surface area contributed by atoms with Crippen molar-refractivity contribution >= 4 is 17.7 Å². The normalized spacial score (nSPS) is 14.3. The summed E-state index contributed by atoms with van der Waals surface area (Å²) in [5.74, 6) is 0.660. The summed E-state index contributed by atoms with van der Waals surface area (Å²) in [4.78, 5) is -1.70. The molecule has 0 saturated carbocycles.